The maximum atomic E-state index is 11.3. The van der Waals surface area contributed by atoms with Crippen molar-refractivity contribution in [2.75, 3.05) is 0 Å². The summed E-state index contributed by atoms with van der Waals surface area (Å²) in [6.07, 6.45) is 13.3. The second-order valence-electron chi connectivity index (χ2n) is 6.01. The molecular weight excluding hydrogens is 348 g/mol. The van der Waals surface area contributed by atoms with Gasteiger partial charge in [-0.2, -0.15) is 8.42 Å². The second-order valence-corrected chi connectivity index (χ2v) is 7.40. The quantitative estimate of drug-likeness (QED) is 0.392. The van der Waals surface area contributed by atoms with Gasteiger partial charge in [-0.05, 0) is 24.5 Å². The van der Waals surface area contributed by atoms with Crippen LogP contribution >= 0.6 is 0 Å². The topological polar surface area (TPSA) is 54.4 Å². The van der Waals surface area contributed by atoms with E-state index in [1.807, 2.05) is 6.07 Å². The maximum absolute atomic E-state index is 11.3. The van der Waals surface area contributed by atoms with Gasteiger partial charge in [0.2, 0.25) is 0 Å². The summed E-state index contributed by atoms with van der Waals surface area (Å²) in [5.41, 5.74) is 0.726. The van der Waals surface area contributed by atoms with Gasteiger partial charge in [0.25, 0.3) is 10.1 Å². The summed E-state index contributed by atoms with van der Waals surface area (Å²) in [7, 11) is -4.10. The first kappa shape index (κ1) is 22.7. The molecule has 0 radical (unpaired) electrons. The number of benzene rings is 1. The zero-order valence-corrected chi connectivity index (χ0v) is 16.3. The van der Waals surface area contributed by atoms with E-state index in [-0.39, 0.29) is 22.3 Å². The van der Waals surface area contributed by atoms with Crippen LogP contribution in [0.25, 0.3) is 0 Å². The molecule has 0 fully saturated rings. The summed E-state index contributed by atoms with van der Waals surface area (Å²) >= 11 is 0. The van der Waals surface area contributed by atoms with Crippen LogP contribution in [0.3, 0.4) is 0 Å². The van der Waals surface area contributed by atoms with Gasteiger partial charge in [-0.25, -0.2) is 0 Å². The van der Waals surface area contributed by atoms with Crippen molar-refractivity contribution in [3.8, 4) is 0 Å². The molecule has 0 aliphatic carbocycles. The Morgan fingerprint density at radius 2 is 1.30 bits per heavy atom. The molecule has 0 amide bonds. The third kappa shape index (κ3) is 10.2. The normalized spacial score (nSPS) is 11.2. The van der Waals surface area contributed by atoms with Crippen LogP contribution in [0, 0.1) is 0 Å². The van der Waals surface area contributed by atoms with Crippen LogP contribution < -0.4 is 0 Å². The molecule has 132 valence electrons. The van der Waals surface area contributed by atoms with Crippen molar-refractivity contribution in [2.24, 2.45) is 0 Å². The van der Waals surface area contributed by atoms with Crippen LogP contribution in [0.5, 0.6) is 0 Å². The van der Waals surface area contributed by atoms with E-state index in [0.717, 1.165) is 18.4 Å². The minimum Gasteiger partial charge on any atom is -0.282 e. The summed E-state index contributed by atoms with van der Waals surface area (Å²) in [5, 5.41) is 0. The van der Waals surface area contributed by atoms with Crippen molar-refractivity contribution in [2.45, 2.75) is 82.4 Å². The average Bonchev–Trinajstić information content (AvgIpc) is 2.48. The summed E-state index contributed by atoms with van der Waals surface area (Å²) in [5.74, 6) is 0. The Bertz CT molecular complexity index is 515. The van der Waals surface area contributed by atoms with Crippen molar-refractivity contribution in [3.05, 3.63) is 29.8 Å². The van der Waals surface area contributed by atoms with E-state index >= 15 is 0 Å². The van der Waals surface area contributed by atoms with Crippen molar-refractivity contribution in [1.82, 2.24) is 0 Å². The molecule has 3 nitrogen and oxygen atoms in total. The zero-order valence-electron chi connectivity index (χ0n) is 14.2. The molecule has 0 aliphatic rings. The third-order valence-corrected chi connectivity index (χ3v) is 5.00. The van der Waals surface area contributed by atoms with E-state index in [1.165, 1.54) is 57.4 Å². The van der Waals surface area contributed by atoms with Gasteiger partial charge in [0.1, 0.15) is 0 Å². The summed E-state index contributed by atoms with van der Waals surface area (Å²) in [6, 6.07) is 6.73. The summed E-state index contributed by atoms with van der Waals surface area (Å²) in [6.45, 7) is 2.24. The average molecular weight is 378 g/mol. The van der Waals surface area contributed by atoms with Gasteiger partial charge in [-0.15, -0.1) is 0 Å². The molecule has 0 heterocycles. The van der Waals surface area contributed by atoms with Gasteiger partial charge in [0, 0.05) is 17.4 Å². The molecule has 1 N–H and O–H groups in total. The van der Waals surface area contributed by atoms with E-state index in [2.05, 4.69) is 6.92 Å². The summed E-state index contributed by atoms with van der Waals surface area (Å²) in [4.78, 5) is 0.0610. The number of hydrogen-bond donors (Lipinski definition) is 1. The van der Waals surface area contributed by atoms with Gasteiger partial charge in [0.15, 0.2) is 0 Å². The standard InChI is InChI=1S/C18H30O3S.Cr/c1-2-3-4-5-6-7-8-9-10-11-14-17-15-12-13-16-18(17)22(19,20)21;/h12-13,15-16H,2-11,14H2,1H3,(H,19,20,21);. The number of rotatable bonds is 12. The molecule has 0 spiro atoms. The Morgan fingerprint density at radius 3 is 1.83 bits per heavy atom. The molecule has 0 saturated carbocycles. The van der Waals surface area contributed by atoms with Gasteiger partial charge >= 0.3 is 0 Å². The van der Waals surface area contributed by atoms with Gasteiger partial charge in [-0.3, -0.25) is 4.55 Å². The van der Waals surface area contributed by atoms with E-state index < -0.39 is 10.1 Å². The van der Waals surface area contributed by atoms with E-state index in [9.17, 15) is 13.0 Å². The van der Waals surface area contributed by atoms with Gasteiger partial charge in [-0.1, -0.05) is 82.9 Å². The third-order valence-electron chi connectivity index (χ3n) is 4.05. The SMILES string of the molecule is CCCCCCCCCCCCc1ccccc1S(=O)(=O)O.[Cr]. The van der Waals surface area contributed by atoms with Crippen LogP contribution in [0.15, 0.2) is 29.2 Å². The smallest absolute Gasteiger partial charge is 0.282 e. The van der Waals surface area contributed by atoms with E-state index in [0.29, 0.717) is 6.42 Å². The Labute approximate surface area is 152 Å². The fraction of sp³-hybridized carbons (Fsp3) is 0.667. The Morgan fingerprint density at radius 1 is 0.826 bits per heavy atom. The molecule has 0 bridgehead atoms. The molecule has 5 heteroatoms. The van der Waals surface area contributed by atoms with Crippen molar-refractivity contribution >= 4 is 10.1 Å². The van der Waals surface area contributed by atoms with Crippen molar-refractivity contribution < 1.29 is 30.3 Å². The first-order chi connectivity index (χ1) is 10.6. The first-order valence-corrected chi connectivity index (χ1v) is 10.0. The molecule has 1 aromatic rings. The molecule has 1 aromatic carbocycles. The fourth-order valence-corrected chi connectivity index (χ4v) is 3.52. The first-order valence-electron chi connectivity index (χ1n) is 8.61. The van der Waals surface area contributed by atoms with Crippen LogP contribution in [0.2, 0.25) is 0 Å². The Hall–Kier alpha value is -0.338. The van der Waals surface area contributed by atoms with Crippen LogP contribution in [0.4, 0.5) is 0 Å². The maximum Gasteiger partial charge on any atom is 0.294 e. The minimum atomic E-state index is -4.10. The van der Waals surface area contributed by atoms with Crippen LogP contribution in [0.1, 0.15) is 76.7 Å². The molecule has 0 aromatic heterocycles. The molecular formula is C18H30CrO3S. The molecule has 0 saturated heterocycles. The number of hydrogen-bond acceptors (Lipinski definition) is 2. The summed E-state index contributed by atoms with van der Waals surface area (Å²) < 4.78 is 31.8. The van der Waals surface area contributed by atoms with Crippen LogP contribution in [-0.2, 0) is 33.9 Å². The predicted molar refractivity (Wildman–Crippen MR) is 91.8 cm³/mol. The Kier molecular flexibility index (Phi) is 12.8. The Balaban J connectivity index is 0.00000484. The molecule has 0 atom stereocenters. The fourth-order valence-electron chi connectivity index (χ4n) is 2.76. The molecule has 23 heavy (non-hydrogen) atoms. The predicted octanol–water partition coefficient (Wildman–Crippen LogP) is 5.39. The largest absolute Gasteiger partial charge is 0.294 e. The van der Waals surface area contributed by atoms with Crippen molar-refractivity contribution in [1.29, 1.82) is 0 Å². The molecule has 0 aliphatic heterocycles. The number of unbranched alkanes of at least 4 members (excludes halogenated alkanes) is 9. The zero-order chi connectivity index (χ0) is 16.3. The van der Waals surface area contributed by atoms with Gasteiger partial charge in [0.05, 0.1) is 4.90 Å². The monoisotopic (exact) mass is 378 g/mol. The number of aryl methyl sites for hydroxylation is 1. The second kappa shape index (κ2) is 13.0. The van der Waals surface area contributed by atoms with Crippen molar-refractivity contribution in [3.63, 3.8) is 0 Å². The van der Waals surface area contributed by atoms with Crippen LogP contribution in [-0.4, -0.2) is 13.0 Å². The van der Waals surface area contributed by atoms with E-state index in [4.69, 9.17) is 0 Å². The minimum absolute atomic E-state index is 0. The molecule has 1 rings (SSSR count). The molecule has 0 unspecified atom stereocenters. The van der Waals surface area contributed by atoms with Gasteiger partial charge < -0.3 is 0 Å². The van der Waals surface area contributed by atoms with E-state index in [1.54, 1.807) is 12.1 Å².